The normalized spacial score (nSPS) is 5.50. The molecule has 0 saturated carbocycles. The third kappa shape index (κ3) is 623. The van der Waals surface area contributed by atoms with Gasteiger partial charge in [-0.3, -0.25) is 19.2 Å². The minimum Gasteiger partial charge on any atom is -0.481 e. The van der Waals surface area contributed by atoms with Crippen molar-refractivity contribution in [3.63, 3.8) is 0 Å². The molecular formula is C10H16N2O8. The van der Waals surface area contributed by atoms with Crippen LogP contribution in [-0.4, -0.2) is 44.3 Å². The highest BCUT2D eigenvalue weighted by molar-refractivity contribution is 5.63. The Hall–Kier alpha value is -3.14. The number of nitriles is 2. The molecule has 10 heteroatoms. The highest BCUT2D eigenvalue weighted by atomic mass is 16.4. The van der Waals surface area contributed by atoms with Crippen LogP contribution in [0.15, 0.2) is 0 Å². The fourth-order valence-electron chi connectivity index (χ4n) is 0. The van der Waals surface area contributed by atoms with Crippen molar-refractivity contribution in [1.29, 1.82) is 10.5 Å². The van der Waals surface area contributed by atoms with Crippen LogP contribution in [0.2, 0.25) is 0 Å². The first kappa shape index (κ1) is 30.2. The van der Waals surface area contributed by atoms with Gasteiger partial charge in [0.2, 0.25) is 0 Å². The van der Waals surface area contributed by atoms with Gasteiger partial charge in [0.1, 0.15) is 0 Å². The number of hydrogen-bond acceptors (Lipinski definition) is 6. The summed E-state index contributed by atoms with van der Waals surface area (Å²) in [6.45, 7) is 4.33. The van der Waals surface area contributed by atoms with E-state index in [1.54, 1.807) is 0 Å². The van der Waals surface area contributed by atoms with Gasteiger partial charge in [-0.1, -0.05) is 0 Å². The molecule has 0 unspecified atom stereocenters. The van der Waals surface area contributed by atoms with E-state index in [-0.39, 0.29) is 0 Å². The molecule has 0 aliphatic carbocycles. The topological polar surface area (TPSA) is 197 Å². The Balaban J connectivity index is -0.0000000469. The zero-order valence-corrected chi connectivity index (χ0v) is 11.3. The van der Waals surface area contributed by atoms with Crippen LogP contribution in [-0.2, 0) is 19.2 Å². The Morgan fingerprint density at radius 3 is 0.650 bits per heavy atom. The van der Waals surface area contributed by atoms with E-state index >= 15 is 0 Å². The average Bonchev–Trinajstić information content (AvgIpc) is 2.13. The molecule has 0 aliphatic rings. The third-order valence-electron chi connectivity index (χ3n) is 0.0500. The molecule has 0 aliphatic heterocycles. The van der Waals surface area contributed by atoms with Crippen LogP contribution in [0.4, 0.5) is 0 Å². The number of carboxylic acids is 4. The molecule has 10 nitrogen and oxygen atoms in total. The van der Waals surface area contributed by atoms with Gasteiger partial charge in [0.25, 0.3) is 23.9 Å². The molecule has 20 heavy (non-hydrogen) atoms. The van der Waals surface area contributed by atoms with E-state index in [0.717, 1.165) is 27.7 Å². The highest BCUT2D eigenvalue weighted by Gasteiger charge is 1.66. The van der Waals surface area contributed by atoms with Crippen molar-refractivity contribution < 1.29 is 39.6 Å². The van der Waals surface area contributed by atoms with Gasteiger partial charge < -0.3 is 20.4 Å². The Bertz CT molecular complexity index is 288. The minimum absolute atomic E-state index is 0.833. The Morgan fingerprint density at radius 1 is 0.600 bits per heavy atom. The van der Waals surface area contributed by atoms with E-state index in [1.807, 2.05) is 0 Å². The van der Waals surface area contributed by atoms with Crippen LogP contribution in [0.1, 0.15) is 27.7 Å². The smallest absolute Gasteiger partial charge is 0.300 e. The van der Waals surface area contributed by atoms with Gasteiger partial charge in [-0.05, 0) is 0 Å². The van der Waals surface area contributed by atoms with Crippen molar-refractivity contribution in [2.75, 3.05) is 0 Å². The number of rotatable bonds is 0. The van der Waals surface area contributed by atoms with E-state index in [4.69, 9.17) is 50.1 Å². The maximum atomic E-state index is 9.00. The summed E-state index contributed by atoms with van der Waals surface area (Å²) in [5.74, 6) is -3.33. The van der Waals surface area contributed by atoms with Gasteiger partial charge in [0.05, 0.1) is 0 Å². The van der Waals surface area contributed by atoms with Crippen LogP contribution < -0.4 is 0 Å². The lowest BCUT2D eigenvalue weighted by Gasteiger charge is -1.59. The van der Waals surface area contributed by atoms with Crippen molar-refractivity contribution in [2.24, 2.45) is 0 Å². The summed E-state index contributed by atoms with van der Waals surface area (Å²) in [4.78, 5) is 36.0. The highest BCUT2D eigenvalue weighted by Crippen LogP contribution is 1.43. The van der Waals surface area contributed by atoms with Gasteiger partial charge in [-0.25, -0.2) is 0 Å². The predicted octanol–water partition coefficient (Wildman–Crippen LogP) is 0.397. The van der Waals surface area contributed by atoms with Crippen molar-refractivity contribution in [1.82, 2.24) is 0 Å². The Morgan fingerprint density at radius 2 is 0.650 bits per heavy atom. The van der Waals surface area contributed by atoms with Crippen LogP contribution >= 0.6 is 0 Å². The standard InChI is InChI=1S/C2N2.4C2H4O2/c3-1-2-4;4*1-2(3)4/h;4*1H3,(H,3,4). The van der Waals surface area contributed by atoms with E-state index in [9.17, 15) is 0 Å². The van der Waals surface area contributed by atoms with Gasteiger partial charge >= 0.3 is 0 Å². The molecule has 0 saturated heterocycles. The van der Waals surface area contributed by atoms with Crippen LogP contribution in [0.25, 0.3) is 0 Å². The molecule has 114 valence electrons. The molecule has 0 aromatic rings. The molecule has 4 N–H and O–H groups in total. The summed E-state index contributed by atoms with van der Waals surface area (Å²) in [6, 6.07) is 2.47. The molecule has 0 radical (unpaired) electrons. The minimum atomic E-state index is -0.833. The third-order valence-corrected chi connectivity index (χ3v) is 0.0500. The lowest BCUT2D eigenvalue weighted by molar-refractivity contribution is -0.135. The fraction of sp³-hybridized carbons (Fsp3) is 0.400. The van der Waals surface area contributed by atoms with Crippen molar-refractivity contribution in [2.45, 2.75) is 27.7 Å². The van der Waals surface area contributed by atoms with E-state index in [2.05, 4.69) is 0 Å². The number of carboxylic acid groups (broad SMARTS) is 4. The summed E-state index contributed by atoms with van der Waals surface area (Å²) in [5, 5.41) is 44.2. The summed E-state index contributed by atoms with van der Waals surface area (Å²) in [7, 11) is 0. The number of carbonyl (C=O) groups is 4. The first-order chi connectivity index (χ1) is 8.84. The second-order valence-electron chi connectivity index (χ2n) is 2.30. The van der Waals surface area contributed by atoms with E-state index < -0.39 is 23.9 Å². The Kier molecular flexibility index (Phi) is 44.8. The van der Waals surface area contributed by atoms with Crippen molar-refractivity contribution >= 4 is 23.9 Å². The zero-order chi connectivity index (χ0) is 17.7. The predicted molar refractivity (Wildman–Crippen MR) is 64.5 cm³/mol. The molecule has 0 amide bonds. The summed E-state index contributed by atoms with van der Waals surface area (Å²) in [6.07, 6.45) is 0. The molecular weight excluding hydrogens is 276 g/mol. The first-order valence-corrected chi connectivity index (χ1v) is 4.41. The molecule has 0 bridgehead atoms. The second kappa shape index (κ2) is 29.7. The lowest BCUT2D eigenvalue weighted by Crippen LogP contribution is -1.78. The molecule has 0 aromatic carbocycles. The average molecular weight is 292 g/mol. The lowest BCUT2D eigenvalue weighted by atomic mass is 10.9. The largest absolute Gasteiger partial charge is 0.481 e. The summed E-state index contributed by atoms with van der Waals surface area (Å²) in [5.41, 5.74) is 0. The molecule has 0 rings (SSSR count). The summed E-state index contributed by atoms with van der Waals surface area (Å²) < 4.78 is 0. The van der Waals surface area contributed by atoms with Crippen LogP contribution in [0.3, 0.4) is 0 Å². The Labute approximate surface area is 115 Å². The van der Waals surface area contributed by atoms with Gasteiger partial charge in [-0.15, -0.1) is 0 Å². The first-order valence-electron chi connectivity index (χ1n) is 4.41. The van der Waals surface area contributed by atoms with Crippen molar-refractivity contribution in [3.8, 4) is 12.1 Å². The number of aliphatic carboxylic acids is 4. The van der Waals surface area contributed by atoms with Crippen LogP contribution in [0, 0.1) is 22.7 Å². The monoisotopic (exact) mass is 292 g/mol. The second-order valence-corrected chi connectivity index (χ2v) is 2.30. The number of nitrogens with zero attached hydrogens (tertiary/aromatic N) is 2. The quantitative estimate of drug-likeness (QED) is 0.484. The molecule has 0 heterocycles. The van der Waals surface area contributed by atoms with Gasteiger partial charge in [-0.2, -0.15) is 10.5 Å². The van der Waals surface area contributed by atoms with Crippen LogP contribution in [0.5, 0.6) is 0 Å². The zero-order valence-electron chi connectivity index (χ0n) is 11.3. The van der Waals surface area contributed by atoms with Gasteiger partial charge in [0.15, 0.2) is 12.1 Å². The summed E-state index contributed by atoms with van der Waals surface area (Å²) >= 11 is 0. The van der Waals surface area contributed by atoms with E-state index in [0.29, 0.717) is 0 Å². The molecule has 0 atom stereocenters. The number of hydrogen-bond donors (Lipinski definition) is 4. The molecule has 0 spiro atoms. The molecule has 0 fully saturated rings. The molecule has 0 aromatic heterocycles. The maximum absolute atomic E-state index is 9.00. The van der Waals surface area contributed by atoms with Gasteiger partial charge in [0, 0.05) is 27.7 Å². The maximum Gasteiger partial charge on any atom is 0.300 e. The van der Waals surface area contributed by atoms with Crippen molar-refractivity contribution in [3.05, 3.63) is 0 Å². The SMILES string of the molecule is CC(=O)O.CC(=O)O.CC(=O)O.CC(=O)O.N#CC#N. The van der Waals surface area contributed by atoms with E-state index in [1.165, 1.54) is 12.1 Å². The fourth-order valence-corrected chi connectivity index (χ4v) is 0.